The third kappa shape index (κ3) is 2.95. The van der Waals surface area contributed by atoms with Crippen LogP contribution in [0.5, 0.6) is 0 Å². The number of nitrogens with zero attached hydrogens (tertiary/aromatic N) is 1. The Morgan fingerprint density at radius 3 is 2.08 bits per heavy atom. The van der Waals surface area contributed by atoms with Crippen molar-refractivity contribution in [2.75, 3.05) is 0 Å². The molecule has 0 fully saturated rings. The van der Waals surface area contributed by atoms with Crippen molar-refractivity contribution in [2.45, 2.75) is 6.92 Å². The van der Waals surface area contributed by atoms with Crippen LogP contribution in [0, 0.1) is 6.92 Å². The smallest absolute Gasteiger partial charge is 0.267 e. The maximum Gasteiger partial charge on any atom is 0.271 e. The Balaban J connectivity index is 1.73. The monoisotopic (exact) mass is 338 g/mol. The molecule has 0 aliphatic rings. The molecule has 3 nitrogen and oxygen atoms in total. The minimum atomic E-state index is -0.205. The van der Waals surface area contributed by atoms with Crippen molar-refractivity contribution < 1.29 is 4.79 Å². The standard InChI is InChI=1S/C23H18N2O/c1-16-8-2-5-11-19(16)23(26)25-24-15-22-20-12-6-3-9-17(20)14-18-10-4-7-13-21(18)22/h2-15H,1H3,(H,25,26)/b24-15-. The summed E-state index contributed by atoms with van der Waals surface area (Å²) in [5.41, 5.74) is 5.21. The first-order chi connectivity index (χ1) is 12.7. The van der Waals surface area contributed by atoms with Crippen molar-refractivity contribution in [2.24, 2.45) is 5.10 Å². The van der Waals surface area contributed by atoms with Gasteiger partial charge in [-0.1, -0.05) is 66.7 Å². The summed E-state index contributed by atoms with van der Waals surface area (Å²) in [5, 5.41) is 8.76. The summed E-state index contributed by atoms with van der Waals surface area (Å²) in [6, 6.07) is 26.1. The number of nitrogens with one attached hydrogen (secondary N) is 1. The number of hydrogen-bond donors (Lipinski definition) is 1. The van der Waals surface area contributed by atoms with Gasteiger partial charge in [-0.05, 0) is 46.2 Å². The minimum absolute atomic E-state index is 0.205. The Morgan fingerprint density at radius 1 is 0.846 bits per heavy atom. The van der Waals surface area contributed by atoms with Gasteiger partial charge in [0.25, 0.3) is 5.91 Å². The van der Waals surface area contributed by atoms with Crippen LogP contribution in [0.1, 0.15) is 21.5 Å². The van der Waals surface area contributed by atoms with Crippen LogP contribution in [0.25, 0.3) is 21.5 Å². The largest absolute Gasteiger partial charge is 0.271 e. The first-order valence-corrected chi connectivity index (χ1v) is 8.53. The molecule has 0 spiro atoms. The quantitative estimate of drug-likeness (QED) is 0.316. The first kappa shape index (κ1) is 16.0. The summed E-state index contributed by atoms with van der Waals surface area (Å²) >= 11 is 0. The molecule has 0 aromatic heterocycles. The van der Waals surface area contributed by atoms with Gasteiger partial charge in [0.05, 0.1) is 6.21 Å². The number of fused-ring (bicyclic) bond motifs is 2. The van der Waals surface area contributed by atoms with Gasteiger partial charge in [0.15, 0.2) is 0 Å². The number of carbonyl (C=O) groups is 1. The van der Waals surface area contributed by atoms with Crippen molar-refractivity contribution in [3.63, 3.8) is 0 Å². The molecule has 0 saturated carbocycles. The van der Waals surface area contributed by atoms with Crippen molar-refractivity contribution in [1.29, 1.82) is 0 Å². The van der Waals surface area contributed by atoms with Crippen LogP contribution in [-0.4, -0.2) is 12.1 Å². The molecule has 0 radical (unpaired) electrons. The van der Waals surface area contributed by atoms with Gasteiger partial charge in [0, 0.05) is 11.1 Å². The van der Waals surface area contributed by atoms with E-state index in [9.17, 15) is 4.79 Å². The predicted octanol–water partition coefficient (Wildman–Crippen LogP) is 5.07. The highest BCUT2D eigenvalue weighted by Crippen LogP contribution is 2.27. The molecule has 0 unspecified atom stereocenters. The average molecular weight is 338 g/mol. The molecular formula is C23H18N2O. The van der Waals surface area contributed by atoms with Crippen molar-refractivity contribution in [1.82, 2.24) is 5.43 Å². The van der Waals surface area contributed by atoms with Gasteiger partial charge in [-0.15, -0.1) is 0 Å². The fraction of sp³-hybridized carbons (Fsp3) is 0.0435. The van der Waals surface area contributed by atoms with E-state index < -0.39 is 0 Å². The maximum atomic E-state index is 12.4. The average Bonchev–Trinajstić information content (AvgIpc) is 2.67. The van der Waals surface area contributed by atoms with E-state index in [1.54, 1.807) is 12.3 Å². The molecule has 0 atom stereocenters. The molecule has 1 N–H and O–H groups in total. The topological polar surface area (TPSA) is 41.5 Å². The van der Waals surface area contributed by atoms with Crippen molar-refractivity contribution in [3.05, 3.63) is 95.6 Å². The molecule has 0 saturated heterocycles. The third-order valence-electron chi connectivity index (χ3n) is 4.56. The van der Waals surface area contributed by atoms with E-state index in [1.807, 2.05) is 49.4 Å². The molecule has 4 aromatic rings. The van der Waals surface area contributed by atoms with Crippen LogP contribution < -0.4 is 5.43 Å². The molecule has 26 heavy (non-hydrogen) atoms. The second kappa shape index (κ2) is 6.81. The van der Waals surface area contributed by atoms with Crippen molar-refractivity contribution >= 4 is 33.7 Å². The molecule has 0 aliphatic carbocycles. The van der Waals surface area contributed by atoms with E-state index >= 15 is 0 Å². The SMILES string of the molecule is Cc1ccccc1C(=O)N/N=C\c1c2ccccc2cc2ccccc12. The number of carbonyl (C=O) groups excluding carboxylic acids is 1. The lowest BCUT2D eigenvalue weighted by Gasteiger charge is -2.08. The van der Waals surface area contributed by atoms with Gasteiger partial charge in [-0.3, -0.25) is 4.79 Å². The lowest BCUT2D eigenvalue weighted by Crippen LogP contribution is -2.18. The third-order valence-corrected chi connectivity index (χ3v) is 4.56. The maximum absolute atomic E-state index is 12.4. The molecule has 0 heterocycles. The van der Waals surface area contributed by atoms with Crippen LogP contribution >= 0.6 is 0 Å². The van der Waals surface area contributed by atoms with E-state index in [1.165, 1.54) is 0 Å². The highest BCUT2D eigenvalue weighted by molar-refractivity contribution is 6.13. The molecule has 1 amide bonds. The summed E-state index contributed by atoms with van der Waals surface area (Å²) in [6.07, 6.45) is 1.74. The summed E-state index contributed by atoms with van der Waals surface area (Å²) in [5.74, 6) is -0.205. The zero-order chi connectivity index (χ0) is 17.9. The zero-order valence-electron chi connectivity index (χ0n) is 14.4. The van der Waals surface area contributed by atoms with Gasteiger partial charge < -0.3 is 0 Å². The van der Waals surface area contributed by atoms with Crippen LogP contribution in [-0.2, 0) is 0 Å². The lowest BCUT2D eigenvalue weighted by molar-refractivity contribution is 0.0954. The lowest BCUT2D eigenvalue weighted by atomic mass is 9.97. The molecule has 3 heteroatoms. The second-order valence-electron chi connectivity index (χ2n) is 6.25. The summed E-state index contributed by atoms with van der Waals surface area (Å²) in [4.78, 5) is 12.4. The molecule has 0 bridgehead atoms. The van der Waals surface area contributed by atoms with Crippen molar-refractivity contribution in [3.8, 4) is 0 Å². The Labute approximate surface area is 152 Å². The van der Waals surface area contributed by atoms with Crippen LogP contribution in [0.15, 0.2) is 84.0 Å². The normalized spacial score (nSPS) is 11.3. The van der Waals surface area contributed by atoms with Crippen LogP contribution in [0.3, 0.4) is 0 Å². The first-order valence-electron chi connectivity index (χ1n) is 8.53. The summed E-state index contributed by atoms with van der Waals surface area (Å²) in [6.45, 7) is 1.91. The van der Waals surface area contributed by atoms with Gasteiger partial charge in [-0.25, -0.2) is 5.43 Å². The highest BCUT2D eigenvalue weighted by Gasteiger charge is 2.08. The minimum Gasteiger partial charge on any atom is -0.267 e. The number of aryl methyl sites for hydroxylation is 1. The van der Waals surface area contributed by atoms with Gasteiger partial charge in [0.2, 0.25) is 0 Å². The molecule has 126 valence electrons. The van der Waals surface area contributed by atoms with E-state index in [0.717, 1.165) is 32.7 Å². The van der Waals surface area contributed by atoms with Gasteiger partial charge in [-0.2, -0.15) is 5.10 Å². The number of amides is 1. The number of hydrazone groups is 1. The number of hydrogen-bond acceptors (Lipinski definition) is 2. The Kier molecular flexibility index (Phi) is 4.20. The van der Waals surface area contributed by atoms with E-state index in [2.05, 4.69) is 40.9 Å². The fourth-order valence-electron chi connectivity index (χ4n) is 3.23. The molecule has 4 aromatic carbocycles. The van der Waals surface area contributed by atoms with E-state index in [-0.39, 0.29) is 5.91 Å². The predicted molar refractivity (Wildman–Crippen MR) is 108 cm³/mol. The zero-order valence-corrected chi connectivity index (χ0v) is 14.4. The Bertz CT molecular complexity index is 1090. The number of benzene rings is 4. The van der Waals surface area contributed by atoms with E-state index in [4.69, 9.17) is 0 Å². The fourth-order valence-corrected chi connectivity index (χ4v) is 3.23. The van der Waals surface area contributed by atoms with Crippen LogP contribution in [0.4, 0.5) is 0 Å². The molecule has 4 rings (SSSR count). The second-order valence-corrected chi connectivity index (χ2v) is 6.25. The molecule has 0 aliphatic heterocycles. The summed E-state index contributed by atoms with van der Waals surface area (Å²) in [7, 11) is 0. The summed E-state index contributed by atoms with van der Waals surface area (Å²) < 4.78 is 0. The Morgan fingerprint density at radius 2 is 1.42 bits per heavy atom. The molecular weight excluding hydrogens is 320 g/mol. The van der Waals surface area contributed by atoms with E-state index in [0.29, 0.717) is 5.56 Å². The van der Waals surface area contributed by atoms with Crippen LogP contribution in [0.2, 0.25) is 0 Å². The Hall–Kier alpha value is -3.46. The number of rotatable bonds is 3. The van der Waals surface area contributed by atoms with Gasteiger partial charge in [0.1, 0.15) is 0 Å². The van der Waals surface area contributed by atoms with Gasteiger partial charge >= 0.3 is 0 Å². The highest BCUT2D eigenvalue weighted by atomic mass is 16.2.